The molecule has 162 valence electrons. The predicted octanol–water partition coefficient (Wildman–Crippen LogP) is 1.67. The summed E-state index contributed by atoms with van der Waals surface area (Å²) in [6.07, 6.45) is -0.331. The third kappa shape index (κ3) is 4.32. The van der Waals surface area contributed by atoms with E-state index in [4.69, 9.17) is 9.47 Å². The summed E-state index contributed by atoms with van der Waals surface area (Å²) in [7, 11) is 2.86. The van der Waals surface area contributed by atoms with E-state index in [2.05, 4.69) is 5.43 Å². The van der Waals surface area contributed by atoms with Crippen molar-refractivity contribution in [1.29, 1.82) is 0 Å². The minimum Gasteiger partial charge on any atom is -0.493 e. The Kier molecular flexibility index (Phi) is 6.19. The first-order valence-corrected chi connectivity index (χ1v) is 9.22. The lowest BCUT2D eigenvalue weighted by atomic mass is 10.2. The summed E-state index contributed by atoms with van der Waals surface area (Å²) in [5, 5.41) is 0.822. The first-order chi connectivity index (χ1) is 14.8. The Morgan fingerprint density at radius 2 is 1.71 bits per heavy atom. The van der Waals surface area contributed by atoms with E-state index in [1.165, 1.54) is 44.6 Å². The number of hydrogen-bond acceptors (Lipinski definition) is 6. The van der Waals surface area contributed by atoms with Crippen molar-refractivity contribution in [2.45, 2.75) is 19.4 Å². The normalized spacial score (nSPS) is 15.6. The molecule has 1 saturated heterocycles. The minimum atomic E-state index is -1.24. The summed E-state index contributed by atoms with van der Waals surface area (Å²) in [5.74, 6) is -2.41. The number of amides is 4. The highest BCUT2D eigenvalue weighted by Crippen LogP contribution is 2.28. The van der Waals surface area contributed by atoms with E-state index in [-0.39, 0.29) is 17.7 Å². The third-order valence-electron chi connectivity index (χ3n) is 4.73. The van der Waals surface area contributed by atoms with E-state index in [1.807, 2.05) is 0 Å². The third-order valence-corrected chi connectivity index (χ3v) is 4.73. The van der Waals surface area contributed by atoms with Crippen LogP contribution in [0.4, 0.5) is 10.1 Å². The van der Waals surface area contributed by atoms with Crippen molar-refractivity contribution in [2.24, 2.45) is 0 Å². The maximum Gasteiger partial charge on any atom is 0.270 e. The molecule has 0 saturated carbocycles. The average Bonchev–Trinajstić information content (AvgIpc) is 3.05. The van der Waals surface area contributed by atoms with E-state index in [9.17, 15) is 23.6 Å². The van der Waals surface area contributed by atoms with Gasteiger partial charge in [0.15, 0.2) is 11.5 Å². The average molecular weight is 429 g/mol. The van der Waals surface area contributed by atoms with Gasteiger partial charge in [-0.2, -0.15) is 0 Å². The van der Waals surface area contributed by atoms with Crippen LogP contribution in [0.1, 0.15) is 23.7 Å². The molecule has 4 amide bonds. The standard InChI is InChI=1S/C21H20FN3O6/c1-12(26)25(23-20(28)13-4-9-17(30-2)18(10-13)31-3)16-11-19(27)24(21(16)29)15-7-5-14(22)6-8-15/h4-10,16H,11H2,1-3H3,(H,23,28)/t16-/m0/s1. The Morgan fingerprint density at radius 3 is 2.29 bits per heavy atom. The molecule has 0 aromatic heterocycles. The number of carbonyl (C=O) groups excluding carboxylic acids is 4. The number of hydrazine groups is 1. The van der Waals surface area contributed by atoms with Gasteiger partial charge in [-0.3, -0.25) is 24.6 Å². The lowest BCUT2D eigenvalue weighted by Crippen LogP contribution is -2.54. The fourth-order valence-electron chi connectivity index (χ4n) is 3.21. The molecule has 2 aromatic carbocycles. The highest BCUT2D eigenvalue weighted by atomic mass is 19.1. The molecule has 1 aliphatic rings. The number of anilines is 1. The van der Waals surface area contributed by atoms with Gasteiger partial charge in [-0.1, -0.05) is 0 Å². The summed E-state index contributed by atoms with van der Waals surface area (Å²) in [6.45, 7) is 1.16. The summed E-state index contributed by atoms with van der Waals surface area (Å²) >= 11 is 0. The Balaban J connectivity index is 1.83. The van der Waals surface area contributed by atoms with Crippen LogP contribution in [0, 0.1) is 5.82 Å². The van der Waals surface area contributed by atoms with Crippen LogP contribution in [0.2, 0.25) is 0 Å². The minimum absolute atomic E-state index is 0.149. The second kappa shape index (κ2) is 8.82. The predicted molar refractivity (Wildman–Crippen MR) is 107 cm³/mol. The molecule has 0 radical (unpaired) electrons. The van der Waals surface area contributed by atoms with E-state index < -0.39 is 35.5 Å². The number of imide groups is 1. The molecule has 0 bridgehead atoms. The second-order valence-electron chi connectivity index (χ2n) is 6.66. The SMILES string of the molecule is COc1ccc(C(=O)NN(C(C)=O)[C@H]2CC(=O)N(c3ccc(F)cc3)C2=O)cc1OC. The van der Waals surface area contributed by atoms with Crippen molar-refractivity contribution in [3.05, 3.63) is 53.8 Å². The van der Waals surface area contributed by atoms with Crippen LogP contribution in [0.15, 0.2) is 42.5 Å². The van der Waals surface area contributed by atoms with Crippen LogP contribution in [-0.4, -0.2) is 48.9 Å². The van der Waals surface area contributed by atoms with Gasteiger partial charge in [-0.05, 0) is 42.5 Å². The van der Waals surface area contributed by atoms with Crippen LogP contribution < -0.4 is 19.8 Å². The lowest BCUT2D eigenvalue weighted by molar-refractivity contribution is -0.139. The molecular formula is C21H20FN3O6. The quantitative estimate of drug-likeness (QED) is 0.573. The molecule has 3 rings (SSSR count). The lowest BCUT2D eigenvalue weighted by Gasteiger charge is -2.26. The first kappa shape index (κ1) is 21.8. The molecule has 1 atom stereocenters. The molecule has 10 heteroatoms. The Morgan fingerprint density at radius 1 is 1.06 bits per heavy atom. The molecule has 1 fully saturated rings. The van der Waals surface area contributed by atoms with Crippen molar-refractivity contribution in [2.75, 3.05) is 19.1 Å². The molecule has 0 spiro atoms. The summed E-state index contributed by atoms with van der Waals surface area (Å²) < 4.78 is 23.5. The number of methoxy groups -OCH3 is 2. The molecule has 1 heterocycles. The van der Waals surface area contributed by atoms with Gasteiger partial charge in [0.1, 0.15) is 11.9 Å². The highest BCUT2D eigenvalue weighted by molar-refractivity contribution is 6.23. The van der Waals surface area contributed by atoms with Crippen LogP contribution in [0.5, 0.6) is 11.5 Å². The number of hydrogen-bond donors (Lipinski definition) is 1. The Hall–Kier alpha value is -3.95. The summed E-state index contributed by atoms with van der Waals surface area (Å²) in [6, 6.07) is 7.96. The van der Waals surface area contributed by atoms with Crippen molar-refractivity contribution < 1.29 is 33.0 Å². The maximum atomic E-state index is 13.2. The monoisotopic (exact) mass is 429 g/mol. The molecular weight excluding hydrogens is 409 g/mol. The van der Waals surface area contributed by atoms with Gasteiger partial charge in [0.2, 0.25) is 11.8 Å². The molecule has 0 unspecified atom stereocenters. The fraction of sp³-hybridized carbons (Fsp3) is 0.238. The number of nitrogens with one attached hydrogen (secondary N) is 1. The van der Waals surface area contributed by atoms with E-state index in [1.54, 1.807) is 0 Å². The van der Waals surface area contributed by atoms with Gasteiger partial charge >= 0.3 is 0 Å². The Bertz CT molecular complexity index is 1040. The maximum absolute atomic E-state index is 13.2. The largest absolute Gasteiger partial charge is 0.493 e. The van der Waals surface area contributed by atoms with Gasteiger partial charge in [0, 0.05) is 12.5 Å². The molecule has 9 nitrogen and oxygen atoms in total. The van der Waals surface area contributed by atoms with Gasteiger partial charge in [0.25, 0.3) is 11.8 Å². The van der Waals surface area contributed by atoms with Gasteiger partial charge in [-0.15, -0.1) is 0 Å². The molecule has 0 aliphatic carbocycles. The zero-order valence-electron chi connectivity index (χ0n) is 17.0. The number of benzene rings is 2. The molecule has 1 aliphatic heterocycles. The van der Waals surface area contributed by atoms with E-state index in [0.717, 1.165) is 29.0 Å². The second-order valence-corrected chi connectivity index (χ2v) is 6.66. The van der Waals surface area contributed by atoms with Crippen molar-refractivity contribution in [3.63, 3.8) is 0 Å². The smallest absolute Gasteiger partial charge is 0.270 e. The van der Waals surface area contributed by atoms with Crippen molar-refractivity contribution in [3.8, 4) is 11.5 Å². The van der Waals surface area contributed by atoms with Crippen LogP contribution in [0.3, 0.4) is 0 Å². The number of nitrogens with zero attached hydrogens (tertiary/aromatic N) is 2. The fourth-order valence-corrected chi connectivity index (χ4v) is 3.21. The number of ether oxygens (including phenoxy) is 2. The van der Waals surface area contributed by atoms with Gasteiger partial charge in [-0.25, -0.2) is 14.3 Å². The van der Waals surface area contributed by atoms with Crippen LogP contribution >= 0.6 is 0 Å². The highest BCUT2D eigenvalue weighted by Gasteiger charge is 2.44. The number of carbonyl (C=O) groups is 4. The molecule has 31 heavy (non-hydrogen) atoms. The van der Waals surface area contributed by atoms with E-state index in [0.29, 0.717) is 11.5 Å². The van der Waals surface area contributed by atoms with Crippen LogP contribution in [-0.2, 0) is 14.4 Å². The molecule has 2 aromatic rings. The van der Waals surface area contributed by atoms with E-state index >= 15 is 0 Å². The number of rotatable bonds is 5. The van der Waals surface area contributed by atoms with Gasteiger partial charge in [0.05, 0.1) is 26.3 Å². The molecule has 1 N–H and O–H groups in total. The van der Waals surface area contributed by atoms with Crippen molar-refractivity contribution in [1.82, 2.24) is 10.4 Å². The number of halogens is 1. The first-order valence-electron chi connectivity index (χ1n) is 9.22. The Labute approximate surface area is 177 Å². The van der Waals surface area contributed by atoms with Crippen LogP contribution in [0.25, 0.3) is 0 Å². The summed E-state index contributed by atoms with van der Waals surface area (Å²) in [4.78, 5) is 51.1. The van der Waals surface area contributed by atoms with Gasteiger partial charge < -0.3 is 9.47 Å². The zero-order chi connectivity index (χ0) is 22.7. The summed E-state index contributed by atoms with van der Waals surface area (Å²) in [5.41, 5.74) is 2.71. The topological polar surface area (TPSA) is 105 Å². The zero-order valence-corrected chi connectivity index (χ0v) is 17.0. The van der Waals surface area contributed by atoms with Crippen molar-refractivity contribution >= 4 is 29.3 Å².